The minimum absolute atomic E-state index is 0.144. The maximum Gasteiger partial charge on any atom is 0.308 e. The van der Waals surface area contributed by atoms with Crippen molar-refractivity contribution >= 4 is 17.6 Å². The fraction of sp³-hybridized carbons (Fsp3) is 0.125. The van der Waals surface area contributed by atoms with Gasteiger partial charge >= 0.3 is 5.97 Å². The molecule has 1 aromatic carbocycles. The lowest BCUT2D eigenvalue weighted by molar-refractivity contribution is -0.131. The van der Waals surface area contributed by atoms with E-state index in [2.05, 4.69) is 4.74 Å². The van der Waals surface area contributed by atoms with E-state index in [1.165, 1.54) is 0 Å². The van der Waals surface area contributed by atoms with E-state index in [0.717, 1.165) is 19.1 Å². The Hall–Kier alpha value is -1.16. The molecule has 0 aliphatic rings. The van der Waals surface area contributed by atoms with Gasteiger partial charge < -0.3 is 4.74 Å². The molecule has 13 heavy (non-hydrogen) atoms. The second-order valence-electron chi connectivity index (χ2n) is 2.29. The Morgan fingerprint density at radius 3 is 2.46 bits per heavy atom. The van der Waals surface area contributed by atoms with Gasteiger partial charge in [-0.3, -0.25) is 4.79 Å². The van der Waals surface area contributed by atoms with Crippen LogP contribution in [0.4, 0.5) is 8.78 Å². The summed E-state index contributed by atoms with van der Waals surface area (Å²) in [5.41, 5.74) is 0. The van der Waals surface area contributed by atoms with Crippen LogP contribution in [0, 0.1) is 11.6 Å². The molecule has 0 spiro atoms. The molecular weight excluding hydrogens is 202 g/mol. The first kappa shape index (κ1) is 9.92. The van der Waals surface area contributed by atoms with Crippen LogP contribution in [0.1, 0.15) is 6.92 Å². The van der Waals surface area contributed by atoms with Crippen LogP contribution in [0.5, 0.6) is 5.75 Å². The summed E-state index contributed by atoms with van der Waals surface area (Å²) in [6, 6.07) is 1.47. The number of rotatable bonds is 1. The monoisotopic (exact) mass is 206 g/mol. The molecule has 2 nitrogen and oxygen atoms in total. The van der Waals surface area contributed by atoms with Gasteiger partial charge in [-0.25, -0.2) is 8.78 Å². The SMILES string of the molecule is CC(=O)Oc1cc(F)c(F)cc1Cl. The first-order valence-electron chi connectivity index (χ1n) is 3.33. The van der Waals surface area contributed by atoms with Gasteiger partial charge in [0.05, 0.1) is 5.02 Å². The fourth-order valence-electron chi connectivity index (χ4n) is 0.737. The Morgan fingerprint density at radius 1 is 1.38 bits per heavy atom. The van der Waals surface area contributed by atoms with Crippen molar-refractivity contribution in [1.82, 2.24) is 0 Å². The normalized spacial score (nSPS) is 9.85. The zero-order valence-corrected chi connectivity index (χ0v) is 7.36. The predicted molar refractivity (Wildman–Crippen MR) is 42.7 cm³/mol. The van der Waals surface area contributed by atoms with Crippen molar-refractivity contribution in [2.24, 2.45) is 0 Å². The topological polar surface area (TPSA) is 26.3 Å². The van der Waals surface area contributed by atoms with E-state index in [9.17, 15) is 13.6 Å². The molecule has 0 saturated carbocycles. The Kier molecular flexibility index (Phi) is 2.83. The summed E-state index contributed by atoms with van der Waals surface area (Å²) in [6.45, 7) is 1.14. The predicted octanol–water partition coefficient (Wildman–Crippen LogP) is 2.54. The molecule has 0 radical (unpaired) electrons. The highest BCUT2D eigenvalue weighted by Gasteiger charge is 2.10. The summed E-state index contributed by atoms with van der Waals surface area (Å²) in [5.74, 6) is -3.03. The van der Waals surface area contributed by atoms with E-state index >= 15 is 0 Å². The molecule has 0 amide bonds. The van der Waals surface area contributed by atoms with E-state index in [0.29, 0.717) is 0 Å². The molecule has 0 N–H and O–H groups in total. The quantitative estimate of drug-likeness (QED) is 0.401. The number of ether oxygens (including phenoxy) is 1. The van der Waals surface area contributed by atoms with Crippen LogP contribution in [0.15, 0.2) is 12.1 Å². The fourth-order valence-corrected chi connectivity index (χ4v) is 0.926. The summed E-state index contributed by atoms with van der Waals surface area (Å²) in [5, 5.41) is -0.144. The van der Waals surface area contributed by atoms with Crippen LogP contribution in [-0.2, 0) is 4.79 Å². The van der Waals surface area contributed by atoms with Gasteiger partial charge in [-0.2, -0.15) is 0 Å². The Labute approximate surface area is 78.1 Å². The second-order valence-corrected chi connectivity index (χ2v) is 2.70. The molecule has 1 aromatic rings. The molecular formula is C8H5ClF2O2. The van der Waals surface area contributed by atoms with Crippen LogP contribution in [0.25, 0.3) is 0 Å². The lowest BCUT2D eigenvalue weighted by atomic mass is 10.3. The first-order chi connectivity index (χ1) is 6.00. The van der Waals surface area contributed by atoms with Crippen molar-refractivity contribution in [2.75, 3.05) is 0 Å². The Bertz CT molecular complexity index is 352. The van der Waals surface area contributed by atoms with Gasteiger partial charge in [-0.05, 0) is 6.07 Å². The number of esters is 1. The van der Waals surface area contributed by atoms with Gasteiger partial charge in [-0.15, -0.1) is 0 Å². The number of hydrogen-bond acceptors (Lipinski definition) is 2. The molecule has 0 unspecified atom stereocenters. The number of carbonyl (C=O) groups excluding carboxylic acids is 1. The zero-order valence-electron chi connectivity index (χ0n) is 6.61. The summed E-state index contributed by atoms with van der Waals surface area (Å²) in [4.78, 5) is 10.5. The van der Waals surface area contributed by atoms with Crippen molar-refractivity contribution in [3.63, 3.8) is 0 Å². The molecule has 0 heterocycles. The van der Waals surface area contributed by atoms with E-state index in [1.54, 1.807) is 0 Å². The summed E-state index contributed by atoms with van der Waals surface area (Å²) < 4.78 is 29.6. The van der Waals surface area contributed by atoms with Gasteiger partial charge in [-0.1, -0.05) is 11.6 Å². The molecule has 0 aliphatic carbocycles. The molecule has 5 heteroatoms. The second kappa shape index (κ2) is 3.70. The smallest absolute Gasteiger partial charge is 0.308 e. The summed E-state index contributed by atoms with van der Waals surface area (Å²) in [6.07, 6.45) is 0. The maximum absolute atomic E-state index is 12.6. The molecule has 0 fully saturated rings. The zero-order chi connectivity index (χ0) is 10.0. The van der Waals surface area contributed by atoms with Gasteiger partial charge in [0.25, 0.3) is 0 Å². The van der Waals surface area contributed by atoms with Crippen LogP contribution >= 0.6 is 11.6 Å². The summed E-state index contributed by atoms with van der Waals surface area (Å²) in [7, 11) is 0. The van der Waals surface area contributed by atoms with Crippen LogP contribution in [0.3, 0.4) is 0 Å². The summed E-state index contributed by atoms with van der Waals surface area (Å²) >= 11 is 5.46. The lowest BCUT2D eigenvalue weighted by Crippen LogP contribution is -2.02. The minimum Gasteiger partial charge on any atom is -0.425 e. The van der Waals surface area contributed by atoms with E-state index in [1.807, 2.05) is 0 Å². The van der Waals surface area contributed by atoms with Crippen LogP contribution < -0.4 is 4.74 Å². The van der Waals surface area contributed by atoms with Gasteiger partial charge in [0.15, 0.2) is 17.4 Å². The minimum atomic E-state index is -1.11. The van der Waals surface area contributed by atoms with E-state index in [4.69, 9.17) is 11.6 Å². The Balaban J connectivity index is 3.08. The highest BCUT2D eigenvalue weighted by atomic mass is 35.5. The number of benzene rings is 1. The molecule has 0 saturated heterocycles. The third-order valence-electron chi connectivity index (χ3n) is 1.23. The van der Waals surface area contributed by atoms with Crippen LogP contribution in [0.2, 0.25) is 5.02 Å². The van der Waals surface area contributed by atoms with Crippen molar-refractivity contribution < 1.29 is 18.3 Å². The van der Waals surface area contributed by atoms with Crippen LogP contribution in [-0.4, -0.2) is 5.97 Å². The largest absolute Gasteiger partial charge is 0.425 e. The highest BCUT2D eigenvalue weighted by molar-refractivity contribution is 6.32. The van der Waals surface area contributed by atoms with E-state index in [-0.39, 0.29) is 10.8 Å². The lowest BCUT2D eigenvalue weighted by Gasteiger charge is -2.03. The van der Waals surface area contributed by atoms with Gasteiger partial charge in [0.2, 0.25) is 0 Å². The third kappa shape index (κ3) is 2.39. The van der Waals surface area contributed by atoms with Gasteiger partial charge in [0, 0.05) is 13.0 Å². The van der Waals surface area contributed by atoms with Gasteiger partial charge in [0.1, 0.15) is 0 Å². The van der Waals surface area contributed by atoms with E-state index < -0.39 is 17.6 Å². The first-order valence-corrected chi connectivity index (χ1v) is 3.71. The molecule has 1 rings (SSSR count). The van der Waals surface area contributed by atoms with Crippen molar-refractivity contribution in [1.29, 1.82) is 0 Å². The highest BCUT2D eigenvalue weighted by Crippen LogP contribution is 2.26. The Morgan fingerprint density at radius 2 is 1.92 bits per heavy atom. The number of hydrogen-bond donors (Lipinski definition) is 0. The number of carbonyl (C=O) groups is 1. The van der Waals surface area contributed by atoms with Crippen molar-refractivity contribution in [3.8, 4) is 5.75 Å². The van der Waals surface area contributed by atoms with Crippen molar-refractivity contribution in [3.05, 3.63) is 28.8 Å². The molecule has 0 atom stereocenters. The molecule has 0 aliphatic heterocycles. The molecule has 0 bridgehead atoms. The standard InChI is InChI=1S/C8H5ClF2O2/c1-4(12)13-8-3-7(11)6(10)2-5(8)9/h2-3H,1H3. The molecule has 0 aromatic heterocycles. The average Bonchev–Trinajstić information content (AvgIpc) is 1.99. The number of halogens is 3. The van der Waals surface area contributed by atoms with Crippen molar-refractivity contribution in [2.45, 2.75) is 6.92 Å². The maximum atomic E-state index is 12.6. The average molecular weight is 207 g/mol. The third-order valence-corrected chi connectivity index (χ3v) is 1.52. The molecule has 70 valence electrons.